The molecule has 2 aliphatic heterocycles. The molecule has 0 aliphatic carbocycles. The molecule has 0 bridgehead atoms. The van der Waals surface area contributed by atoms with Crippen molar-refractivity contribution < 1.29 is 14.6 Å². The summed E-state index contributed by atoms with van der Waals surface area (Å²) in [5.74, 6) is 1.73. The fourth-order valence-electron chi connectivity index (χ4n) is 3.95. The van der Waals surface area contributed by atoms with Crippen LogP contribution in [-0.4, -0.2) is 27.4 Å². The van der Waals surface area contributed by atoms with Gasteiger partial charge in [0.2, 0.25) is 6.23 Å². The molecule has 29 heavy (non-hydrogen) atoms. The third-order valence-corrected chi connectivity index (χ3v) is 5.23. The Morgan fingerprint density at radius 2 is 2.07 bits per heavy atom. The number of hydrogen-bond donors (Lipinski definition) is 1. The van der Waals surface area contributed by atoms with Crippen LogP contribution in [-0.2, 0) is 0 Å². The van der Waals surface area contributed by atoms with Gasteiger partial charge in [-0.25, -0.2) is 5.01 Å². The number of hydrazone groups is 1. The van der Waals surface area contributed by atoms with Crippen LogP contribution in [0.5, 0.6) is 17.2 Å². The van der Waals surface area contributed by atoms with Gasteiger partial charge in [-0.1, -0.05) is 30.3 Å². The predicted octanol–water partition coefficient (Wildman–Crippen LogP) is 4.43. The van der Waals surface area contributed by atoms with Crippen LogP contribution in [0, 0.1) is 0 Å². The lowest BCUT2D eigenvalue weighted by Gasteiger charge is -2.38. The van der Waals surface area contributed by atoms with Crippen LogP contribution in [0.2, 0.25) is 0 Å². The van der Waals surface area contributed by atoms with Gasteiger partial charge >= 0.3 is 0 Å². The molecule has 0 saturated carbocycles. The topological polar surface area (TPSA) is 67.2 Å². The molecule has 0 unspecified atom stereocenters. The maximum absolute atomic E-state index is 9.90. The number of benzene rings is 2. The Kier molecular flexibility index (Phi) is 4.31. The van der Waals surface area contributed by atoms with Crippen LogP contribution < -0.4 is 9.47 Å². The number of aromatic hydroxyl groups is 1. The number of hydrogen-bond acceptors (Lipinski definition) is 6. The van der Waals surface area contributed by atoms with Gasteiger partial charge in [0.25, 0.3) is 0 Å². The largest absolute Gasteiger partial charge is 0.508 e. The second-order valence-electron chi connectivity index (χ2n) is 7.06. The first kappa shape index (κ1) is 17.6. The lowest BCUT2D eigenvalue weighted by Crippen LogP contribution is -2.34. The smallest absolute Gasteiger partial charge is 0.215 e. The second kappa shape index (κ2) is 7.13. The highest BCUT2D eigenvalue weighted by Crippen LogP contribution is 2.50. The van der Waals surface area contributed by atoms with Crippen molar-refractivity contribution in [1.82, 2.24) is 9.99 Å². The van der Waals surface area contributed by atoms with Gasteiger partial charge in [-0.05, 0) is 31.2 Å². The van der Waals surface area contributed by atoms with Crippen LogP contribution >= 0.6 is 0 Å². The van der Waals surface area contributed by atoms with Gasteiger partial charge in [0.05, 0.1) is 18.4 Å². The first-order valence-electron chi connectivity index (χ1n) is 9.72. The highest BCUT2D eigenvalue weighted by Gasteiger charge is 2.42. The summed E-state index contributed by atoms with van der Waals surface area (Å²) < 4.78 is 12.3. The Labute approximate surface area is 169 Å². The number of nitrogens with zero attached hydrogens (tertiary/aromatic N) is 3. The highest BCUT2D eigenvalue weighted by atomic mass is 16.5. The molecule has 6 heteroatoms. The van der Waals surface area contributed by atoms with Crippen LogP contribution in [0.4, 0.5) is 0 Å². The number of para-hydroxylation sites is 1. The second-order valence-corrected chi connectivity index (χ2v) is 7.06. The first-order valence-corrected chi connectivity index (χ1v) is 9.72. The molecule has 1 N–H and O–H groups in total. The summed E-state index contributed by atoms with van der Waals surface area (Å²) in [6, 6.07) is 17.1. The zero-order chi connectivity index (χ0) is 19.8. The van der Waals surface area contributed by atoms with Crippen LogP contribution in [0.3, 0.4) is 0 Å². The fraction of sp³-hybridized carbons (Fsp3) is 0.217. The first-order chi connectivity index (χ1) is 14.2. The quantitative estimate of drug-likeness (QED) is 0.717. The lowest BCUT2D eigenvalue weighted by molar-refractivity contribution is -0.0214. The van der Waals surface area contributed by atoms with Crippen LogP contribution in [0.25, 0.3) is 0 Å². The predicted molar refractivity (Wildman–Crippen MR) is 109 cm³/mol. The molecule has 2 aliphatic rings. The average Bonchev–Trinajstić information content (AvgIpc) is 3.20. The van der Waals surface area contributed by atoms with Crippen molar-refractivity contribution in [2.45, 2.75) is 25.6 Å². The summed E-state index contributed by atoms with van der Waals surface area (Å²) in [5.41, 5.74) is 3.80. The molecule has 0 fully saturated rings. The Morgan fingerprint density at radius 3 is 2.86 bits per heavy atom. The maximum Gasteiger partial charge on any atom is 0.215 e. The Hall–Kier alpha value is -3.54. The Balaban J connectivity index is 1.61. The van der Waals surface area contributed by atoms with Crippen molar-refractivity contribution in [3.63, 3.8) is 0 Å². The molecule has 0 amide bonds. The Morgan fingerprint density at radius 1 is 1.17 bits per heavy atom. The van der Waals surface area contributed by atoms with Crippen molar-refractivity contribution in [2.24, 2.45) is 5.10 Å². The molecule has 3 heterocycles. The summed E-state index contributed by atoms with van der Waals surface area (Å²) in [4.78, 5) is 4.26. The highest BCUT2D eigenvalue weighted by molar-refractivity contribution is 6.02. The molecule has 2 aromatic carbocycles. The number of phenolic OH excluding ortho intramolecular Hbond substituents is 1. The van der Waals surface area contributed by atoms with Crippen LogP contribution in [0.15, 0.2) is 72.1 Å². The third kappa shape index (κ3) is 3.06. The molecule has 0 saturated heterocycles. The minimum absolute atomic E-state index is 0.0155. The van der Waals surface area contributed by atoms with E-state index >= 15 is 0 Å². The number of phenols is 1. The summed E-state index contributed by atoms with van der Waals surface area (Å²) >= 11 is 0. The molecule has 5 rings (SSSR count). The average molecular weight is 387 g/mol. The van der Waals surface area contributed by atoms with Crippen molar-refractivity contribution in [3.8, 4) is 17.2 Å². The summed E-state index contributed by atoms with van der Waals surface area (Å²) in [5, 5.41) is 16.8. The number of aromatic nitrogens is 1. The van der Waals surface area contributed by atoms with E-state index in [1.165, 1.54) is 0 Å². The maximum atomic E-state index is 9.90. The molecule has 146 valence electrons. The molecule has 6 nitrogen and oxygen atoms in total. The molecule has 0 spiro atoms. The monoisotopic (exact) mass is 387 g/mol. The van der Waals surface area contributed by atoms with Gasteiger partial charge in [-0.3, -0.25) is 4.98 Å². The Bertz CT molecular complexity index is 1070. The number of fused-ring (bicyclic) bond motifs is 3. The van der Waals surface area contributed by atoms with Gasteiger partial charge in [0.15, 0.2) is 11.5 Å². The normalized spacial score (nSPS) is 19.8. The van der Waals surface area contributed by atoms with E-state index in [4.69, 9.17) is 14.6 Å². The van der Waals surface area contributed by atoms with Crippen molar-refractivity contribution in [1.29, 1.82) is 0 Å². The van der Waals surface area contributed by atoms with E-state index in [1.807, 2.05) is 48.3 Å². The van der Waals surface area contributed by atoms with E-state index in [0.717, 1.165) is 33.9 Å². The fourth-order valence-corrected chi connectivity index (χ4v) is 3.95. The van der Waals surface area contributed by atoms with E-state index in [1.54, 1.807) is 24.5 Å². The van der Waals surface area contributed by atoms with Crippen molar-refractivity contribution in [2.75, 3.05) is 6.61 Å². The summed E-state index contributed by atoms with van der Waals surface area (Å²) in [6.45, 7) is 2.53. The molecular weight excluding hydrogens is 366 g/mol. The minimum atomic E-state index is -0.405. The van der Waals surface area contributed by atoms with E-state index in [-0.39, 0.29) is 11.8 Å². The minimum Gasteiger partial charge on any atom is -0.508 e. The van der Waals surface area contributed by atoms with Crippen molar-refractivity contribution >= 4 is 5.71 Å². The van der Waals surface area contributed by atoms with Gasteiger partial charge in [-0.15, -0.1) is 0 Å². The molecular formula is C23H21N3O3. The van der Waals surface area contributed by atoms with Gasteiger partial charge < -0.3 is 14.6 Å². The molecule has 3 aromatic rings. The number of rotatable bonds is 4. The van der Waals surface area contributed by atoms with Crippen LogP contribution in [0.1, 0.15) is 42.3 Å². The zero-order valence-electron chi connectivity index (χ0n) is 16.0. The van der Waals surface area contributed by atoms with E-state index in [0.29, 0.717) is 13.0 Å². The third-order valence-electron chi connectivity index (χ3n) is 5.23. The standard InChI is InChI=1S/C23H21N3O3/c1-2-28-21-10-4-9-18-20-13-19(15-6-3-8-17(27)12-15)25-26(20)23(29-22(18)21)16-7-5-11-24-14-16/h3-12,14,20,23,27H,2,13H2,1H3/t20-,23-/m1/s1. The zero-order valence-corrected chi connectivity index (χ0v) is 16.0. The van der Waals surface area contributed by atoms with Gasteiger partial charge in [-0.2, -0.15) is 5.10 Å². The van der Waals surface area contributed by atoms with Gasteiger partial charge in [0, 0.05) is 35.5 Å². The van der Waals surface area contributed by atoms with E-state index in [2.05, 4.69) is 11.1 Å². The van der Waals surface area contributed by atoms with E-state index < -0.39 is 6.23 Å². The summed E-state index contributed by atoms with van der Waals surface area (Å²) in [6.07, 6.45) is 3.86. The molecule has 2 atom stereocenters. The molecule has 0 radical (unpaired) electrons. The van der Waals surface area contributed by atoms with E-state index in [9.17, 15) is 5.11 Å². The lowest BCUT2D eigenvalue weighted by atomic mass is 9.95. The number of pyridine rings is 1. The van der Waals surface area contributed by atoms with Gasteiger partial charge in [0.1, 0.15) is 5.75 Å². The SMILES string of the molecule is CCOc1cccc2c1O[C@H](c1cccnc1)N1N=C(c3cccc(O)c3)C[C@H]21. The molecule has 1 aromatic heterocycles. The summed E-state index contributed by atoms with van der Waals surface area (Å²) in [7, 11) is 0. The van der Waals surface area contributed by atoms with Crippen molar-refractivity contribution in [3.05, 3.63) is 83.7 Å². The number of ether oxygens (including phenoxy) is 2.